The van der Waals surface area contributed by atoms with Crippen LogP contribution in [0.3, 0.4) is 0 Å². The second-order valence-electron chi connectivity index (χ2n) is 4.71. The summed E-state index contributed by atoms with van der Waals surface area (Å²) in [6, 6.07) is 5.75. The Morgan fingerprint density at radius 3 is 2.19 bits per heavy atom. The maximum Gasteiger partial charge on any atom is 0.159 e. The van der Waals surface area contributed by atoms with Gasteiger partial charge in [0.1, 0.15) is 17.2 Å². The maximum atomic E-state index is 13.8. The van der Waals surface area contributed by atoms with Gasteiger partial charge < -0.3 is 5.11 Å². The van der Waals surface area contributed by atoms with E-state index in [0.29, 0.717) is 6.07 Å². The molecule has 0 amide bonds. The Morgan fingerprint density at radius 2 is 1.62 bits per heavy atom. The van der Waals surface area contributed by atoms with Gasteiger partial charge in [-0.15, -0.1) is 11.6 Å². The minimum atomic E-state index is -1.86. The average Bonchev–Trinajstić information content (AvgIpc) is 2.42. The highest BCUT2D eigenvalue weighted by molar-refractivity contribution is 6.18. The van der Waals surface area contributed by atoms with Gasteiger partial charge in [0.2, 0.25) is 0 Å². The van der Waals surface area contributed by atoms with E-state index in [-0.39, 0.29) is 17.5 Å². The second kappa shape index (κ2) is 6.03. The summed E-state index contributed by atoms with van der Waals surface area (Å²) in [5, 5.41) is 10.5. The van der Waals surface area contributed by atoms with Crippen LogP contribution < -0.4 is 0 Å². The zero-order chi connectivity index (χ0) is 15.6. The first-order valence-corrected chi connectivity index (χ1v) is 6.57. The molecular weight excluding hydrogens is 308 g/mol. The van der Waals surface area contributed by atoms with E-state index in [1.807, 2.05) is 0 Å². The number of hydrogen-bond acceptors (Lipinski definition) is 1. The summed E-state index contributed by atoms with van der Waals surface area (Å²) in [6.45, 7) is 0. The fourth-order valence-electron chi connectivity index (χ4n) is 2.07. The van der Waals surface area contributed by atoms with Crippen LogP contribution in [0.15, 0.2) is 36.4 Å². The monoisotopic (exact) mass is 318 g/mol. The van der Waals surface area contributed by atoms with Gasteiger partial charge in [-0.2, -0.15) is 0 Å². The third kappa shape index (κ3) is 3.36. The molecule has 0 spiro atoms. The first kappa shape index (κ1) is 15.8. The summed E-state index contributed by atoms with van der Waals surface area (Å²) in [6.07, 6.45) is -0.240. The molecule has 2 aromatic carbocycles. The van der Waals surface area contributed by atoms with E-state index in [2.05, 4.69) is 0 Å². The standard InChI is InChI=1S/C15H11ClF4O/c16-8-15(21,11-3-2-10(17)6-13(11)19)7-9-1-4-12(18)14(20)5-9/h1-6,21H,7-8H2. The first-order valence-electron chi connectivity index (χ1n) is 6.03. The van der Waals surface area contributed by atoms with Gasteiger partial charge in [0.05, 0.1) is 5.88 Å². The molecule has 0 aromatic heterocycles. The Kier molecular flexibility index (Phi) is 4.54. The summed E-state index contributed by atoms with van der Waals surface area (Å²) < 4.78 is 52.8. The molecule has 112 valence electrons. The van der Waals surface area contributed by atoms with Gasteiger partial charge in [0.15, 0.2) is 11.6 Å². The molecule has 1 N–H and O–H groups in total. The van der Waals surface area contributed by atoms with Crippen molar-refractivity contribution in [2.24, 2.45) is 0 Å². The van der Waals surface area contributed by atoms with Gasteiger partial charge >= 0.3 is 0 Å². The predicted octanol–water partition coefficient (Wildman–Crippen LogP) is 3.91. The van der Waals surface area contributed by atoms with Crippen LogP contribution in [0.1, 0.15) is 11.1 Å². The van der Waals surface area contributed by atoms with Gasteiger partial charge in [-0.1, -0.05) is 12.1 Å². The minimum absolute atomic E-state index is 0.205. The van der Waals surface area contributed by atoms with E-state index in [1.165, 1.54) is 6.07 Å². The van der Waals surface area contributed by atoms with Gasteiger partial charge in [0, 0.05) is 18.1 Å². The number of hydrogen-bond donors (Lipinski definition) is 1. The third-order valence-electron chi connectivity index (χ3n) is 3.13. The summed E-state index contributed by atoms with van der Waals surface area (Å²) in [5.74, 6) is -4.25. The van der Waals surface area contributed by atoms with Gasteiger partial charge in [-0.25, -0.2) is 17.6 Å². The highest BCUT2D eigenvalue weighted by atomic mass is 35.5. The Balaban J connectivity index is 2.38. The third-order valence-corrected chi connectivity index (χ3v) is 3.58. The first-order chi connectivity index (χ1) is 9.85. The molecule has 1 unspecified atom stereocenters. The lowest BCUT2D eigenvalue weighted by Crippen LogP contribution is -2.32. The molecule has 0 bridgehead atoms. The number of rotatable bonds is 4. The molecule has 6 heteroatoms. The van der Waals surface area contributed by atoms with E-state index >= 15 is 0 Å². The Hall–Kier alpha value is -1.59. The molecular formula is C15H11ClF4O. The highest BCUT2D eigenvalue weighted by Gasteiger charge is 2.32. The molecule has 2 rings (SSSR count). The molecule has 0 fully saturated rings. The second-order valence-corrected chi connectivity index (χ2v) is 4.98. The Morgan fingerprint density at radius 1 is 0.905 bits per heavy atom. The lowest BCUT2D eigenvalue weighted by molar-refractivity contribution is 0.0574. The van der Waals surface area contributed by atoms with Crippen LogP contribution in [-0.2, 0) is 12.0 Å². The van der Waals surface area contributed by atoms with E-state index in [1.54, 1.807) is 0 Å². The van der Waals surface area contributed by atoms with Crippen LogP contribution in [0.2, 0.25) is 0 Å². The molecule has 0 aliphatic carbocycles. The maximum absolute atomic E-state index is 13.8. The molecule has 0 aliphatic heterocycles. The molecule has 0 aliphatic rings. The van der Waals surface area contributed by atoms with E-state index in [0.717, 1.165) is 24.3 Å². The summed E-state index contributed by atoms with van der Waals surface area (Å²) in [7, 11) is 0. The molecule has 2 aromatic rings. The van der Waals surface area contributed by atoms with E-state index in [4.69, 9.17) is 11.6 Å². The number of benzene rings is 2. The lowest BCUT2D eigenvalue weighted by Gasteiger charge is -2.27. The van der Waals surface area contributed by atoms with Crippen LogP contribution in [0.4, 0.5) is 17.6 Å². The van der Waals surface area contributed by atoms with Gasteiger partial charge in [-0.3, -0.25) is 0 Å². The van der Waals surface area contributed by atoms with Crippen molar-refractivity contribution in [1.82, 2.24) is 0 Å². The van der Waals surface area contributed by atoms with Crippen molar-refractivity contribution in [1.29, 1.82) is 0 Å². The quantitative estimate of drug-likeness (QED) is 0.669. The fraction of sp³-hybridized carbons (Fsp3) is 0.200. The molecule has 0 heterocycles. The van der Waals surface area contributed by atoms with Gasteiger partial charge in [0.25, 0.3) is 0 Å². The zero-order valence-corrected chi connectivity index (χ0v) is 11.5. The van der Waals surface area contributed by atoms with Crippen molar-refractivity contribution in [2.75, 3.05) is 5.88 Å². The summed E-state index contributed by atoms with van der Waals surface area (Å²) in [5.41, 5.74) is -1.83. The van der Waals surface area contributed by atoms with Crippen LogP contribution in [0, 0.1) is 23.3 Å². The highest BCUT2D eigenvalue weighted by Crippen LogP contribution is 2.30. The van der Waals surface area contributed by atoms with E-state index in [9.17, 15) is 22.7 Å². The predicted molar refractivity (Wildman–Crippen MR) is 71.0 cm³/mol. The SMILES string of the molecule is OC(CCl)(Cc1ccc(F)c(F)c1)c1ccc(F)cc1F. The van der Waals surface area contributed by atoms with Gasteiger partial charge in [-0.05, 0) is 23.8 Å². The number of halogens is 5. The number of alkyl halides is 1. The van der Waals surface area contributed by atoms with Crippen molar-refractivity contribution in [3.05, 3.63) is 70.8 Å². The average molecular weight is 319 g/mol. The molecule has 1 atom stereocenters. The van der Waals surface area contributed by atoms with E-state index < -0.39 is 34.7 Å². The fourth-order valence-corrected chi connectivity index (χ4v) is 2.31. The number of aliphatic hydroxyl groups is 1. The van der Waals surface area contributed by atoms with Crippen LogP contribution in [-0.4, -0.2) is 11.0 Å². The molecule has 0 saturated carbocycles. The van der Waals surface area contributed by atoms with Crippen molar-refractivity contribution >= 4 is 11.6 Å². The zero-order valence-electron chi connectivity index (χ0n) is 10.7. The van der Waals surface area contributed by atoms with Crippen LogP contribution in [0.5, 0.6) is 0 Å². The normalized spacial score (nSPS) is 14.0. The minimum Gasteiger partial charge on any atom is -0.383 e. The topological polar surface area (TPSA) is 20.2 Å². The smallest absolute Gasteiger partial charge is 0.159 e. The molecule has 0 radical (unpaired) electrons. The van der Waals surface area contributed by atoms with Crippen molar-refractivity contribution < 1.29 is 22.7 Å². The summed E-state index contributed by atoms with van der Waals surface area (Å²) in [4.78, 5) is 0. The molecule has 1 nitrogen and oxygen atoms in total. The molecule has 21 heavy (non-hydrogen) atoms. The van der Waals surface area contributed by atoms with Crippen molar-refractivity contribution in [3.8, 4) is 0 Å². The Labute approximate surface area is 123 Å². The Bertz CT molecular complexity index is 662. The molecule has 0 saturated heterocycles. The van der Waals surface area contributed by atoms with Crippen molar-refractivity contribution in [3.63, 3.8) is 0 Å². The van der Waals surface area contributed by atoms with Crippen LogP contribution >= 0.6 is 11.6 Å². The van der Waals surface area contributed by atoms with Crippen molar-refractivity contribution in [2.45, 2.75) is 12.0 Å². The summed E-state index contributed by atoms with van der Waals surface area (Å²) >= 11 is 5.70. The van der Waals surface area contributed by atoms with Crippen LogP contribution in [0.25, 0.3) is 0 Å². The largest absolute Gasteiger partial charge is 0.383 e. The lowest BCUT2D eigenvalue weighted by atomic mass is 9.88.